The zero-order valence-corrected chi connectivity index (χ0v) is 7.83. The first-order chi connectivity index (χ1) is 5.77. The molecule has 4 nitrogen and oxygen atoms in total. The number of ether oxygens (including phenoxy) is 1. The number of hydrogen-bond donors (Lipinski definition) is 3. The molecular weight excluding hydrogens is 229 g/mol. The Kier molecular flexibility index (Phi) is 9.02. The molecule has 0 aliphatic rings. The molecule has 0 bridgehead atoms. The highest BCUT2D eigenvalue weighted by atomic mass is 32.1. The summed E-state index contributed by atoms with van der Waals surface area (Å²) >= 11 is 7.08. The average molecular weight is 236 g/mol. The van der Waals surface area contributed by atoms with Crippen molar-refractivity contribution in [3.63, 3.8) is 0 Å². The van der Waals surface area contributed by atoms with Crippen molar-refractivity contribution in [2.24, 2.45) is 11.5 Å². The lowest BCUT2D eigenvalue weighted by atomic mass is 10.7. The number of thiol groups is 1. The van der Waals surface area contributed by atoms with Crippen LogP contribution in [0.25, 0.3) is 0 Å². The average Bonchev–Trinajstić information content (AvgIpc) is 1.83. The van der Waals surface area contributed by atoms with E-state index in [9.17, 15) is 13.2 Å². The standard InChI is InChI=1S/C3H4F3NOS.CH3NOS/c4-1(5)2(6)8-3(7)9;2-1(3)4/h1-2H,(H2,7,9);(H3,2,3,4). The smallest absolute Gasteiger partial charge is 0.304 e. The molecule has 0 spiro atoms. The fourth-order valence-electron chi connectivity index (χ4n) is 0.162. The van der Waals surface area contributed by atoms with Crippen molar-refractivity contribution in [2.45, 2.75) is 12.8 Å². The highest BCUT2D eigenvalue weighted by Gasteiger charge is 2.20. The SMILES string of the molecule is NC(=O)S.NC(=S)OC(F)C(F)F. The first-order valence-corrected chi connectivity index (χ1v) is 3.49. The van der Waals surface area contributed by atoms with E-state index >= 15 is 0 Å². The third kappa shape index (κ3) is 18.3. The minimum absolute atomic E-state index is 0.639. The molecule has 1 atom stereocenters. The Hall–Kier alpha value is -0.700. The molecule has 0 rings (SSSR count). The molecule has 13 heavy (non-hydrogen) atoms. The van der Waals surface area contributed by atoms with Gasteiger partial charge in [0.2, 0.25) is 0 Å². The number of primary amides is 1. The lowest BCUT2D eigenvalue weighted by molar-refractivity contribution is -0.0736. The van der Waals surface area contributed by atoms with Gasteiger partial charge in [-0.1, -0.05) is 12.6 Å². The predicted molar refractivity (Wildman–Crippen MR) is 47.3 cm³/mol. The summed E-state index contributed by atoms with van der Waals surface area (Å²) in [6, 6.07) is 0. The number of halogens is 3. The van der Waals surface area contributed by atoms with Crippen LogP contribution in [0.4, 0.5) is 18.0 Å². The molecule has 0 heterocycles. The Balaban J connectivity index is 0. The Morgan fingerprint density at radius 3 is 1.77 bits per heavy atom. The third-order valence-corrected chi connectivity index (χ3v) is 0.523. The fourth-order valence-corrected chi connectivity index (χ4v) is 0.254. The van der Waals surface area contributed by atoms with E-state index in [0.717, 1.165) is 0 Å². The van der Waals surface area contributed by atoms with Gasteiger partial charge in [0.05, 0.1) is 0 Å². The van der Waals surface area contributed by atoms with Gasteiger partial charge in [-0.15, -0.1) is 0 Å². The lowest BCUT2D eigenvalue weighted by Crippen LogP contribution is -2.24. The van der Waals surface area contributed by atoms with Crippen LogP contribution in [0.15, 0.2) is 0 Å². The van der Waals surface area contributed by atoms with Crippen LogP contribution in [-0.4, -0.2) is 23.2 Å². The molecule has 4 N–H and O–H groups in total. The maximum Gasteiger partial charge on any atom is 0.304 e. The van der Waals surface area contributed by atoms with Crippen LogP contribution in [-0.2, 0) is 4.74 Å². The molecule has 0 aromatic rings. The van der Waals surface area contributed by atoms with Gasteiger partial charge in [0.1, 0.15) is 0 Å². The van der Waals surface area contributed by atoms with Crippen LogP contribution >= 0.6 is 24.8 Å². The maximum atomic E-state index is 11.6. The lowest BCUT2D eigenvalue weighted by Gasteiger charge is -2.06. The molecule has 0 radical (unpaired) electrons. The van der Waals surface area contributed by atoms with E-state index in [2.05, 4.69) is 41.1 Å². The molecule has 78 valence electrons. The summed E-state index contributed by atoms with van der Waals surface area (Å²) in [6.45, 7) is 0. The number of carbonyl (C=O) groups excluding carboxylic acids is 1. The normalized spacial score (nSPS) is 11.2. The molecule has 1 unspecified atom stereocenters. The number of hydrogen-bond acceptors (Lipinski definition) is 3. The van der Waals surface area contributed by atoms with Gasteiger partial charge in [-0.3, -0.25) is 4.79 Å². The van der Waals surface area contributed by atoms with Crippen molar-refractivity contribution in [2.75, 3.05) is 0 Å². The predicted octanol–water partition coefficient (Wildman–Crippen LogP) is 0.802. The Bertz CT molecular complexity index is 177. The largest absolute Gasteiger partial charge is 0.430 e. The summed E-state index contributed by atoms with van der Waals surface area (Å²) in [4.78, 5) is 9.09. The van der Waals surface area contributed by atoms with Gasteiger partial charge in [-0.2, -0.15) is 4.39 Å². The first kappa shape index (κ1) is 14.8. The second-order valence-corrected chi connectivity index (χ2v) is 2.30. The molecule has 0 aromatic heterocycles. The maximum absolute atomic E-state index is 11.6. The molecule has 0 aromatic carbocycles. The Morgan fingerprint density at radius 2 is 1.69 bits per heavy atom. The first-order valence-electron chi connectivity index (χ1n) is 2.64. The second kappa shape index (κ2) is 7.92. The quantitative estimate of drug-likeness (QED) is 0.489. The molecule has 0 saturated heterocycles. The monoisotopic (exact) mass is 236 g/mol. The van der Waals surface area contributed by atoms with Crippen molar-refractivity contribution < 1.29 is 22.7 Å². The van der Waals surface area contributed by atoms with Gasteiger partial charge in [-0.25, -0.2) is 8.78 Å². The molecule has 1 amide bonds. The highest BCUT2D eigenvalue weighted by molar-refractivity contribution is 7.96. The topological polar surface area (TPSA) is 78.3 Å². The fraction of sp³-hybridized carbons (Fsp3) is 0.500. The molecule has 0 aliphatic heterocycles. The van der Waals surface area contributed by atoms with Gasteiger partial charge >= 0.3 is 12.8 Å². The molecule has 0 aliphatic carbocycles. The number of alkyl halides is 3. The van der Waals surface area contributed by atoms with Gasteiger partial charge < -0.3 is 16.2 Å². The van der Waals surface area contributed by atoms with E-state index in [-0.39, 0.29) is 0 Å². The summed E-state index contributed by atoms with van der Waals surface area (Å²) < 4.78 is 37.6. The van der Waals surface area contributed by atoms with E-state index in [1.807, 2.05) is 0 Å². The summed E-state index contributed by atoms with van der Waals surface area (Å²) in [5, 5.41) is -1.36. The zero-order valence-electron chi connectivity index (χ0n) is 6.12. The van der Waals surface area contributed by atoms with Crippen molar-refractivity contribution in [1.29, 1.82) is 0 Å². The van der Waals surface area contributed by atoms with E-state index in [0.29, 0.717) is 0 Å². The number of thiocarbonyl (C=S) groups is 1. The van der Waals surface area contributed by atoms with E-state index in [1.165, 1.54) is 0 Å². The summed E-state index contributed by atoms with van der Waals surface area (Å²) in [5.41, 5.74) is 8.90. The Labute approximate surface area is 82.8 Å². The summed E-state index contributed by atoms with van der Waals surface area (Å²) in [5.74, 6) is 0. The van der Waals surface area contributed by atoms with Crippen LogP contribution in [0.5, 0.6) is 0 Å². The van der Waals surface area contributed by atoms with Gasteiger partial charge in [0.25, 0.3) is 10.4 Å². The molecular formula is C4H7F3N2O2S2. The minimum atomic E-state index is -3.20. The van der Waals surface area contributed by atoms with Crippen molar-refractivity contribution in [3.05, 3.63) is 0 Å². The van der Waals surface area contributed by atoms with Crippen LogP contribution in [0.3, 0.4) is 0 Å². The van der Waals surface area contributed by atoms with Crippen LogP contribution in [0, 0.1) is 0 Å². The molecule has 0 saturated carbocycles. The molecule has 9 heteroatoms. The van der Waals surface area contributed by atoms with Crippen molar-refractivity contribution in [1.82, 2.24) is 0 Å². The van der Waals surface area contributed by atoms with Gasteiger partial charge in [-0.05, 0) is 12.2 Å². The molecule has 0 fully saturated rings. The minimum Gasteiger partial charge on any atom is -0.430 e. The second-order valence-electron chi connectivity index (χ2n) is 1.46. The Morgan fingerprint density at radius 1 is 1.38 bits per heavy atom. The van der Waals surface area contributed by atoms with Gasteiger partial charge in [0, 0.05) is 0 Å². The number of amides is 1. The van der Waals surface area contributed by atoms with Crippen LogP contribution < -0.4 is 11.5 Å². The zero-order chi connectivity index (χ0) is 11.0. The summed E-state index contributed by atoms with van der Waals surface area (Å²) in [6.07, 6.45) is -5.91. The van der Waals surface area contributed by atoms with Crippen LogP contribution in [0.2, 0.25) is 0 Å². The van der Waals surface area contributed by atoms with E-state index < -0.39 is 23.2 Å². The number of carbonyl (C=O) groups is 1. The van der Waals surface area contributed by atoms with Crippen LogP contribution in [0.1, 0.15) is 0 Å². The van der Waals surface area contributed by atoms with E-state index in [4.69, 9.17) is 4.79 Å². The van der Waals surface area contributed by atoms with Crippen molar-refractivity contribution >= 4 is 35.3 Å². The number of rotatable bonds is 2. The summed E-state index contributed by atoms with van der Waals surface area (Å²) in [7, 11) is 0. The van der Waals surface area contributed by atoms with E-state index in [1.54, 1.807) is 0 Å². The third-order valence-electron chi connectivity index (χ3n) is 0.427. The van der Waals surface area contributed by atoms with Crippen molar-refractivity contribution in [3.8, 4) is 0 Å². The van der Waals surface area contributed by atoms with Gasteiger partial charge in [0.15, 0.2) is 0 Å². The number of nitrogens with two attached hydrogens (primary N) is 2. The highest BCUT2D eigenvalue weighted by Crippen LogP contribution is 2.05.